The molecule has 8 nitrogen and oxygen atoms in total. The number of likely N-dealkylation sites (tertiary alicyclic amines) is 1. The van der Waals surface area contributed by atoms with Gasteiger partial charge >= 0.3 is 6.09 Å². The zero-order valence-electron chi connectivity index (χ0n) is 21.0. The van der Waals surface area contributed by atoms with E-state index in [4.69, 9.17) is 25.8 Å². The molecule has 1 saturated heterocycles. The molecule has 1 amide bonds. The van der Waals surface area contributed by atoms with Gasteiger partial charge in [0.1, 0.15) is 5.60 Å². The van der Waals surface area contributed by atoms with Gasteiger partial charge in [0.05, 0.1) is 22.8 Å². The summed E-state index contributed by atoms with van der Waals surface area (Å²) < 4.78 is 45.2. The molecule has 1 aliphatic heterocycles. The number of nitrogens with zero attached hydrogens (tertiary/aromatic N) is 3. The smallest absolute Gasteiger partial charge is 0.410 e. The van der Waals surface area contributed by atoms with Gasteiger partial charge in [-0.15, -0.1) is 0 Å². The van der Waals surface area contributed by atoms with Crippen molar-refractivity contribution in [2.24, 2.45) is 0 Å². The third-order valence-corrected chi connectivity index (χ3v) is 6.68. The van der Waals surface area contributed by atoms with Crippen LogP contribution in [0.15, 0.2) is 36.5 Å². The fourth-order valence-corrected chi connectivity index (χ4v) is 4.73. The van der Waals surface area contributed by atoms with E-state index in [1.165, 1.54) is 17.9 Å². The molecule has 0 bridgehead atoms. The molecule has 4 rings (SSSR count). The Bertz CT molecular complexity index is 1330. The highest BCUT2D eigenvalue weighted by molar-refractivity contribution is 6.65. The summed E-state index contributed by atoms with van der Waals surface area (Å²) in [6.07, 6.45) is 1.80. The van der Waals surface area contributed by atoms with Gasteiger partial charge in [0, 0.05) is 37.7 Å². The Morgan fingerprint density at radius 2 is 1.84 bits per heavy atom. The second-order valence-corrected chi connectivity index (χ2v) is 10.3. The predicted octanol–water partition coefficient (Wildman–Crippen LogP) is 5.32. The Morgan fingerprint density at radius 3 is 2.46 bits per heavy atom. The van der Waals surface area contributed by atoms with Crippen LogP contribution < -0.4 is 4.74 Å². The molecule has 0 saturated carbocycles. The number of hydrogen-bond acceptors (Lipinski definition) is 6. The minimum Gasteiger partial charge on any atom is -0.464 e. The van der Waals surface area contributed by atoms with E-state index in [9.17, 15) is 18.4 Å². The van der Waals surface area contributed by atoms with E-state index in [1.54, 1.807) is 44.0 Å². The molecule has 198 valence electrons. The molecule has 2 aromatic carbocycles. The van der Waals surface area contributed by atoms with E-state index in [0.717, 1.165) is 6.07 Å². The summed E-state index contributed by atoms with van der Waals surface area (Å²) in [5.41, 5.74) is -0.0573. The van der Waals surface area contributed by atoms with Crippen molar-refractivity contribution in [3.63, 3.8) is 0 Å². The largest absolute Gasteiger partial charge is 0.464 e. The highest BCUT2D eigenvalue weighted by Gasteiger charge is 2.43. The van der Waals surface area contributed by atoms with Crippen LogP contribution in [0.25, 0.3) is 16.6 Å². The van der Waals surface area contributed by atoms with E-state index in [1.807, 2.05) is 6.07 Å². The molecule has 0 radical (unpaired) electrons. The van der Waals surface area contributed by atoms with Crippen molar-refractivity contribution in [1.29, 1.82) is 0 Å². The molecule has 1 aliphatic rings. The number of carbonyl (C=O) groups is 2. The molecule has 0 spiro atoms. The second kappa shape index (κ2) is 10.3. The van der Waals surface area contributed by atoms with Crippen LogP contribution in [0, 0.1) is 11.6 Å². The summed E-state index contributed by atoms with van der Waals surface area (Å²) in [5, 5.41) is 4.50. The lowest BCUT2D eigenvalue weighted by molar-refractivity contribution is -0.118. The van der Waals surface area contributed by atoms with Gasteiger partial charge < -0.3 is 19.1 Å². The molecule has 2 heterocycles. The minimum absolute atomic E-state index is 0.247. The van der Waals surface area contributed by atoms with Crippen molar-refractivity contribution in [1.82, 2.24) is 14.7 Å². The summed E-state index contributed by atoms with van der Waals surface area (Å²) in [6, 6.07) is 7.67. The average molecular weight is 536 g/mol. The molecule has 1 aromatic heterocycles. The van der Waals surface area contributed by atoms with Gasteiger partial charge in [-0.1, -0.05) is 6.07 Å². The topological polar surface area (TPSA) is 82.9 Å². The Hall–Kier alpha value is -3.24. The monoisotopic (exact) mass is 535 g/mol. The van der Waals surface area contributed by atoms with Gasteiger partial charge in [0.25, 0.3) is 0 Å². The van der Waals surface area contributed by atoms with Crippen LogP contribution in [0.4, 0.5) is 13.6 Å². The second-order valence-electron chi connectivity index (χ2n) is 9.94. The fraction of sp³-hybridized carbons (Fsp3) is 0.423. The van der Waals surface area contributed by atoms with Gasteiger partial charge in [0.15, 0.2) is 18.4 Å². The molecule has 0 aliphatic carbocycles. The first kappa shape index (κ1) is 26.8. The lowest BCUT2D eigenvalue weighted by Crippen LogP contribution is -2.49. The van der Waals surface area contributed by atoms with Gasteiger partial charge in [-0.2, -0.15) is 9.49 Å². The minimum atomic E-state index is -1.13. The van der Waals surface area contributed by atoms with Crippen molar-refractivity contribution < 1.29 is 32.6 Å². The summed E-state index contributed by atoms with van der Waals surface area (Å²) in [6.45, 7) is 5.76. The van der Waals surface area contributed by atoms with Crippen molar-refractivity contribution >= 4 is 33.8 Å². The van der Waals surface area contributed by atoms with E-state index in [-0.39, 0.29) is 18.2 Å². The Labute approximate surface area is 218 Å². The zero-order valence-corrected chi connectivity index (χ0v) is 21.8. The van der Waals surface area contributed by atoms with Crippen LogP contribution in [-0.2, 0) is 19.7 Å². The number of aromatic nitrogens is 2. The number of rotatable bonds is 6. The maximum absolute atomic E-state index is 14.3. The van der Waals surface area contributed by atoms with Crippen molar-refractivity contribution in [2.45, 2.75) is 44.6 Å². The molecule has 11 heteroatoms. The lowest BCUT2D eigenvalue weighted by atomic mass is 9.73. The number of ether oxygens (including phenoxy) is 3. The number of carbonyl (C=O) groups excluding carboxylic acids is 2. The van der Waals surface area contributed by atoms with Crippen molar-refractivity contribution in [3.05, 3.63) is 53.7 Å². The van der Waals surface area contributed by atoms with Gasteiger partial charge in [-0.3, -0.25) is 4.79 Å². The van der Waals surface area contributed by atoms with E-state index < -0.39 is 34.0 Å². The first-order valence-electron chi connectivity index (χ1n) is 11.7. The number of fused-ring (bicyclic) bond motifs is 1. The standard InChI is InChI=1S/C26H28ClF2N3O5/c1-25(2,3)37-24(34)31-9-7-26(8-10-31,23(27)33)17-5-6-20-16(11-17)14-30-32(20)18-12-19(28)22(29)21(13-18)36-15-35-4/h5-6,11-14H,7-10,15H2,1-4H3. The number of amides is 1. The van der Waals surface area contributed by atoms with Crippen LogP contribution in [0.3, 0.4) is 0 Å². The summed E-state index contributed by atoms with van der Waals surface area (Å²) in [5.74, 6) is -2.52. The van der Waals surface area contributed by atoms with E-state index in [2.05, 4.69) is 5.10 Å². The van der Waals surface area contributed by atoms with Gasteiger partial charge in [-0.25, -0.2) is 13.9 Å². The number of methoxy groups -OCH3 is 1. The van der Waals surface area contributed by atoms with Crippen molar-refractivity contribution in [2.75, 3.05) is 27.0 Å². The molecule has 3 aromatic rings. The molecule has 37 heavy (non-hydrogen) atoms. The maximum Gasteiger partial charge on any atom is 0.410 e. The van der Waals surface area contributed by atoms with Gasteiger partial charge in [0.2, 0.25) is 11.1 Å². The fourth-order valence-electron chi connectivity index (χ4n) is 4.43. The number of hydrogen-bond donors (Lipinski definition) is 0. The van der Waals surface area contributed by atoms with Crippen LogP contribution in [-0.4, -0.2) is 58.6 Å². The van der Waals surface area contributed by atoms with Crippen LogP contribution in [0.1, 0.15) is 39.2 Å². The molecule has 1 fully saturated rings. The normalized spacial score (nSPS) is 15.6. The quantitative estimate of drug-likeness (QED) is 0.314. The molecule has 0 N–H and O–H groups in total. The molecule has 0 atom stereocenters. The third kappa shape index (κ3) is 5.40. The molecular weight excluding hydrogens is 508 g/mol. The zero-order chi connectivity index (χ0) is 27.0. The van der Waals surface area contributed by atoms with Crippen LogP contribution in [0.5, 0.6) is 5.75 Å². The van der Waals surface area contributed by atoms with E-state index >= 15 is 0 Å². The molecule has 0 unspecified atom stereocenters. The van der Waals surface area contributed by atoms with Crippen LogP contribution >= 0.6 is 11.6 Å². The highest BCUT2D eigenvalue weighted by atomic mass is 35.5. The third-order valence-electron chi connectivity index (χ3n) is 6.32. The maximum atomic E-state index is 14.3. The number of piperidine rings is 1. The van der Waals surface area contributed by atoms with Gasteiger partial charge in [-0.05, 0) is 62.9 Å². The summed E-state index contributed by atoms with van der Waals surface area (Å²) in [4.78, 5) is 26.7. The van der Waals surface area contributed by atoms with E-state index in [0.29, 0.717) is 42.4 Å². The SMILES string of the molecule is COCOc1cc(-n2ncc3cc(C4(C(=O)Cl)CCN(C(=O)OC(C)(C)C)CC4)ccc32)cc(F)c1F. The first-order valence-corrected chi connectivity index (χ1v) is 12.1. The highest BCUT2D eigenvalue weighted by Crippen LogP contribution is 2.39. The first-order chi connectivity index (χ1) is 17.4. The molecular formula is C26H28ClF2N3O5. The summed E-state index contributed by atoms with van der Waals surface area (Å²) >= 11 is 6.13. The predicted molar refractivity (Wildman–Crippen MR) is 133 cm³/mol. The number of benzene rings is 2. The number of halogens is 3. The van der Waals surface area contributed by atoms with Crippen LogP contribution in [0.2, 0.25) is 0 Å². The summed E-state index contributed by atoms with van der Waals surface area (Å²) in [7, 11) is 1.37. The Balaban J connectivity index is 1.63. The average Bonchev–Trinajstić information content (AvgIpc) is 3.27. The lowest BCUT2D eigenvalue weighted by Gasteiger charge is -2.40. The Kier molecular flexibility index (Phi) is 7.43. The van der Waals surface area contributed by atoms with Crippen molar-refractivity contribution in [3.8, 4) is 11.4 Å². The Morgan fingerprint density at radius 1 is 1.14 bits per heavy atom.